The smallest absolute Gasteiger partial charge is 0.354 e. The summed E-state index contributed by atoms with van der Waals surface area (Å²) in [5.74, 6) is -0.622. The lowest BCUT2D eigenvalue weighted by molar-refractivity contribution is -0.384. The van der Waals surface area contributed by atoms with E-state index in [1.165, 1.54) is 7.11 Å². The molecule has 0 aliphatic rings. The van der Waals surface area contributed by atoms with Gasteiger partial charge in [0.25, 0.3) is 5.69 Å². The summed E-state index contributed by atoms with van der Waals surface area (Å²) in [5.41, 5.74) is -0.0837. The van der Waals surface area contributed by atoms with E-state index in [2.05, 4.69) is 9.72 Å². The predicted molar refractivity (Wildman–Crippen MR) is 46.0 cm³/mol. The summed E-state index contributed by atoms with van der Waals surface area (Å²) in [7, 11) is 1.20. The number of hydrogen-bond donors (Lipinski definition) is 1. The molecule has 0 spiro atoms. The molecule has 1 N–H and O–H groups in total. The zero-order chi connectivity index (χ0) is 9.14. The zero-order valence-corrected chi connectivity index (χ0v) is 7.46. The molecule has 1 heterocycles. The molecule has 1 rings (SSSR count). The number of halogens is 1. The van der Waals surface area contributed by atoms with Gasteiger partial charge >= 0.3 is 5.97 Å². The number of nitrogens with zero attached hydrogens (tertiary/aromatic N) is 1. The number of rotatable bonds is 2. The molecular weight excluding hydrogens is 200 g/mol. The number of aromatic nitrogens is 1. The van der Waals surface area contributed by atoms with Gasteiger partial charge in [-0.3, -0.25) is 10.1 Å². The van der Waals surface area contributed by atoms with Gasteiger partial charge in [-0.15, -0.1) is 12.4 Å². The Kier molecular flexibility index (Phi) is 3.93. The fourth-order valence-corrected chi connectivity index (χ4v) is 0.716. The van der Waals surface area contributed by atoms with Crippen LogP contribution in [0.4, 0.5) is 5.69 Å². The van der Waals surface area contributed by atoms with E-state index in [0.29, 0.717) is 0 Å². The fraction of sp³-hybridized carbons (Fsp3) is 0.167. The van der Waals surface area contributed by atoms with Crippen LogP contribution < -0.4 is 0 Å². The standard InChI is InChI=1S/C6H6N2O4.ClH/c1-12-6(9)5-2-4(3-7-5)8(10)11;/h2-3,7H,1H3;1H. The topological polar surface area (TPSA) is 85.2 Å². The van der Waals surface area contributed by atoms with Crippen LogP contribution in [0.15, 0.2) is 12.3 Å². The summed E-state index contributed by atoms with van der Waals surface area (Å²) in [4.78, 5) is 22.8. The first-order chi connectivity index (χ1) is 5.65. The highest BCUT2D eigenvalue weighted by atomic mass is 35.5. The first-order valence-corrected chi connectivity index (χ1v) is 3.06. The lowest BCUT2D eigenvalue weighted by Crippen LogP contribution is -2.00. The van der Waals surface area contributed by atoms with E-state index in [4.69, 9.17) is 0 Å². The second-order valence-electron chi connectivity index (χ2n) is 2.02. The fourth-order valence-electron chi connectivity index (χ4n) is 0.716. The predicted octanol–water partition coefficient (Wildman–Crippen LogP) is 1.13. The monoisotopic (exact) mass is 206 g/mol. The van der Waals surface area contributed by atoms with Crippen molar-refractivity contribution in [1.29, 1.82) is 0 Å². The van der Waals surface area contributed by atoms with E-state index in [-0.39, 0.29) is 23.8 Å². The number of ether oxygens (including phenoxy) is 1. The molecule has 0 amide bonds. The van der Waals surface area contributed by atoms with Crippen LogP contribution in [0.2, 0.25) is 0 Å². The third kappa shape index (κ3) is 2.45. The Morgan fingerprint density at radius 2 is 2.31 bits per heavy atom. The molecule has 0 radical (unpaired) electrons. The van der Waals surface area contributed by atoms with Crippen LogP contribution in [-0.4, -0.2) is 23.0 Å². The van der Waals surface area contributed by atoms with Gasteiger partial charge in [0.1, 0.15) is 5.69 Å². The van der Waals surface area contributed by atoms with Crippen molar-refractivity contribution >= 4 is 24.1 Å². The molecular formula is C6H7ClN2O4. The van der Waals surface area contributed by atoms with Gasteiger partial charge in [-0.1, -0.05) is 0 Å². The van der Waals surface area contributed by atoms with Crippen LogP contribution in [-0.2, 0) is 4.74 Å². The van der Waals surface area contributed by atoms with Gasteiger partial charge in [-0.2, -0.15) is 0 Å². The second-order valence-corrected chi connectivity index (χ2v) is 2.02. The summed E-state index contributed by atoms with van der Waals surface area (Å²) in [5, 5.41) is 10.2. The number of nitrogens with one attached hydrogen (secondary N) is 1. The van der Waals surface area contributed by atoms with Gasteiger partial charge in [0.05, 0.1) is 18.2 Å². The summed E-state index contributed by atoms with van der Waals surface area (Å²) in [6, 6.07) is 1.12. The van der Waals surface area contributed by atoms with Crippen molar-refractivity contribution in [3.63, 3.8) is 0 Å². The van der Waals surface area contributed by atoms with E-state index < -0.39 is 10.9 Å². The van der Waals surface area contributed by atoms with Crippen LogP contribution in [0.25, 0.3) is 0 Å². The molecule has 0 fully saturated rings. The minimum Gasteiger partial charge on any atom is -0.464 e. The Balaban J connectivity index is 0.00000144. The van der Waals surface area contributed by atoms with Crippen LogP contribution in [0.5, 0.6) is 0 Å². The average Bonchev–Trinajstić information content (AvgIpc) is 2.51. The third-order valence-electron chi connectivity index (χ3n) is 1.28. The second kappa shape index (κ2) is 4.46. The number of nitro groups is 1. The number of esters is 1. The quantitative estimate of drug-likeness (QED) is 0.447. The van der Waals surface area contributed by atoms with Crippen molar-refractivity contribution in [2.75, 3.05) is 7.11 Å². The van der Waals surface area contributed by atoms with Crippen LogP contribution in [0.3, 0.4) is 0 Å². The molecule has 0 bridgehead atoms. The number of H-pyrrole nitrogens is 1. The van der Waals surface area contributed by atoms with Crippen molar-refractivity contribution in [2.45, 2.75) is 0 Å². The zero-order valence-electron chi connectivity index (χ0n) is 6.64. The highest BCUT2D eigenvalue weighted by Crippen LogP contribution is 2.12. The maximum atomic E-state index is 10.8. The molecule has 0 aliphatic heterocycles. The van der Waals surface area contributed by atoms with Crippen molar-refractivity contribution < 1.29 is 14.5 Å². The van der Waals surface area contributed by atoms with Gasteiger partial charge in [-0.25, -0.2) is 4.79 Å². The highest BCUT2D eigenvalue weighted by molar-refractivity contribution is 5.88. The number of carbonyl (C=O) groups is 1. The largest absolute Gasteiger partial charge is 0.464 e. The van der Waals surface area contributed by atoms with Crippen LogP contribution in [0, 0.1) is 10.1 Å². The third-order valence-corrected chi connectivity index (χ3v) is 1.28. The number of methoxy groups -OCH3 is 1. The molecule has 0 saturated carbocycles. The highest BCUT2D eigenvalue weighted by Gasteiger charge is 2.13. The van der Waals surface area contributed by atoms with Gasteiger partial charge in [-0.05, 0) is 0 Å². The number of aromatic amines is 1. The summed E-state index contributed by atoms with van der Waals surface area (Å²) in [6.45, 7) is 0. The number of hydrogen-bond acceptors (Lipinski definition) is 4. The minimum absolute atomic E-state index is 0. The first-order valence-electron chi connectivity index (χ1n) is 3.06. The van der Waals surface area contributed by atoms with Crippen LogP contribution >= 0.6 is 12.4 Å². The molecule has 0 saturated heterocycles. The summed E-state index contributed by atoms with van der Waals surface area (Å²) >= 11 is 0. The van der Waals surface area contributed by atoms with E-state index in [1.807, 2.05) is 0 Å². The van der Waals surface area contributed by atoms with E-state index >= 15 is 0 Å². The van der Waals surface area contributed by atoms with Gasteiger partial charge < -0.3 is 9.72 Å². The molecule has 1 aromatic heterocycles. The molecule has 6 nitrogen and oxygen atoms in total. The SMILES string of the molecule is COC(=O)c1cc([N+](=O)[O-])c[nH]1.Cl. The Hall–Kier alpha value is -1.56. The Labute approximate surface area is 79.5 Å². The van der Waals surface area contributed by atoms with Gasteiger partial charge in [0.15, 0.2) is 0 Å². The van der Waals surface area contributed by atoms with Crippen molar-refractivity contribution in [3.05, 3.63) is 28.1 Å². The molecule has 0 aliphatic carbocycles. The summed E-state index contributed by atoms with van der Waals surface area (Å²) < 4.78 is 4.34. The van der Waals surface area contributed by atoms with E-state index in [1.54, 1.807) is 0 Å². The molecule has 7 heteroatoms. The molecule has 72 valence electrons. The van der Waals surface area contributed by atoms with E-state index in [9.17, 15) is 14.9 Å². The Morgan fingerprint density at radius 1 is 1.69 bits per heavy atom. The number of carbonyl (C=O) groups excluding carboxylic acids is 1. The average molecular weight is 207 g/mol. The maximum absolute atomic E-state index is 10.8. The lowest BCUT2D eigenvalue weighted by atomic mass is 10.4. The maximum Gasteiger partial charge on any atom is 0.354 e. The van der Waals surface area contributed by atoms with Crippen molar-refractivity contribution in [3.8, 4) is 0 Å². The van der Waals surface area contributed by atoms with Crippen LogP contribution in [0.1, 0.15) is 10.5 Å². The Bertz CT molecular complexity index is 322. The molecule has 13 heavy (non-hydrogen) atoms. The summed E-state index contributed by atoms with van der Waals surface area (Å²) in [6.07, 6.45) is 1.13. The molecule has 0 unspecified atom stereocenters. The molecule has 0 aromatic carbocycles. The minimum atomic E-state index is -0.622. The molecule has 0 atom stereocenters. The van der Waals surface area contributed by atoms with Crippen molar-refractivity contribution in [1.82, 2.24) is 4.98 Å². The molecule has 1 aromatic rings. The lowest BCUT2D eigenvalue weighted by Gasteiger charge is -1.90. The van der Waals surface area contributed by atoms with E-state index in [0.717, 1.165) is 12.3 Å². The first kappa shape index (κ1) is 11.4. The Morgan fingerprint density at radius 3 is 2.69 bits per heavy atom. The van der Waals surface area contributed by atoms with Gasteiger partial charge in [0.2, 0.25) is 0 Å². The van der Waals surface area contributed by atoms with Crippen molar-refractivity contribution in [2.24, 2.45) is 0 Å². The van der Waals surface area contributed by atoms with Gasteiger partial charge in [0, 0.05) is 6.07 Å². The normalized spacial score (nSPS) is 8.69.